The Morgan fingerprint density at radius 1 is 1.16 bits per heavy atom. The third-order valence-electron chi connectivity index (χ3n) is 3.40. The number of hydrogen-bond donors (Lipinski definition) is 0. The molecular weight excluding hydrogens is 248 g/mol. The Hall–Kier alpha value is -1.88. The van der Waals surface area contributed by atoms with Crippen LogP contribution in [0.2, 0.25) is 0 Å². The SMILES string of the molecule is O=C1CC(=O)OC2(CCC2OCc2ccccc2)O1. The van der Waals surface area contributed by atoms with E-state index in [1.165, 1.54) is 0 Å². The minimum absolute atomic E-state index is 0.312. The van der Waals surface area contributed by atoms with E-state index in [1.807, 2.05) is 30.3 Å². The molecule has 1 aliphatic heterocycles. The molecule has 0 aromatic heterocycles. The topological polar surface area (TPSA) is 61.8 Å². The summed E-state index contributed by atoms with van der Waals surface area (Å²) in [5.74, 6) is -2.25. The zero-order valence-electron chi connectivity index (χ0n) is 10.3. The number of hydrogen-bond acceptors (Lipinski definition) is 5. The molecule has 1 aliphatic carbocycles. The van der Waals surface area contributed by atoms with E-state index in [1.54, 1.807) is 0 Å². The minimum Gasteiger partial charge on any atom is -0.419 e. The first kappa shape index (κ1) is 12.2. The lowest BCUT2D eigenvalue weighted by atomic mass is 9.86. The summed E-state index contributed by atoms with van der Waals surface area (Å²) in [5.41, 5.74) is 1.03. The van der Waals surface area contributed by atoms with Crippen molar-refractivity contribution in [3.05, 3.63) is 35.9 Å². The zero-order chi connectivity index (χ0) is 13.3. The normalized spacial score (nSPS) is 24.5. The first-order valence-corrected chi connectivity index (χ1v) is 6.27. The van der Waals surface area contributed by atoms with Crippen LogP contribution in [0.1, 0.15) is 24.8 Å². The van der Waals surface area contributed by atoms with E-state index in [4.69, 9.17) is 14.2 Å². The molecule has 0 radical (unpaired) electrons. The van der Waals surface area contributed by atoms with Gasteiger partial charge in [-0.05, 0) is 12.0 Å². The smallest absolute Gasteiger partial charge is 0.320 e. The highest BCUT2D eigenvalue weighted by Crippen LogP contribution is 2.42. The van der Waals surface area contributed by atoms with Gasteiger partial charge in [0.15, 0.2) is 0 Å². The fraction of sp³-hybridized carbons (Fsp3) is 0.429. The largest absolute Gasteiger partial charge is 0.419 e. The Bertz CT molecular complexity index is 480. The highest BCUT2D eigenvalue weighted by atomic mass is 16.8. The van der Waals surface area contributed by atoms with Crippen LogP contribution in [0.5, 0.6) is 0 Å². The number of carbonyl (C=O) groups excluding carboxylic acids is 2. The fourth-order valence-corrected chi connectivity index (χ4v) is 2.31. The number of carbonyl (C=O) groups is 2. The summed E-state index contributed by atoms with van der Waals surface area (Å²) in [5, 5.41) is 0. The molecule has 2 aliphatic rings. The van der Waals surface area contributed by atoms with E-state index >= 15 is 0 Å². The molecule has 0 N–H and O–H groups in total. The van der Waals surface area contributed by atoms with Crippen LogP contribution >= 0.6 is 0 Å². The van der Waals surface area contributed by atoms with E-state index in [0.717, 1.165) is 5.56 Å². The van der Waals surface area contributed by atoms with Crippen molar-refractivity contribution >= 4 is 11.9 Å². The van der Waals surface area contributed by atoms with E-state index in [2.05, 4.69) is 0 Å². The summed E-state index contributed by atoms with van der Waals surface area (Å²) >= 11 is 0. The molecular formula is C14H14O5. The second-order valence-electron chi connectivity index (χ2n) is 4.76. The van der Waals surface area contributed by atoms with Crippen molar-refractivity contribution in [1.29, 1.82) is 0 Å². The molecule has 0 bridgehead atoms. The number of ether oxygens (including phenoxy) is 3. The molecule has 1 saturated heterocycles. The Morgan fingerprint density at radius 2 is 1.84 bits per heavy atom. The molecule has 100 valence electrons. The predicted molar refractivity (Wildman–Crippen MR) is 63.8 cm³/mol. The summed E-state index contributed by atoms with van der Waals surface area (Å²) in [4.78, 5) is 22.6. The maximum Gasteiger partial charge on any atom is 0.320 e. The molecule has 2 fully saturated rings. The lowest BCUT2D eigenvalue weighted by Gasteiger charge is -2.47. The van der Waals surface area contributed by atoms with Gasteiger partial charge in [-0.15, -0.1) is 0 Å². The Morgan fingerprint density at radius 3 is 2.42 bits per heavy atom. The molecule has 1 aromatic carbocycles. The average Bonchev–Trinajstić information content (AvgIpc) is 2.38. The van der Waals surface area contributed by atoms with Crippen molar-refractivity contribution in [3.63, 3.8) is 0 Å². The van der Waals surface area contributed by atoms with Crippen molar-refractivity contribution in [2.75, 3.05) is 0 Å². The van der Waals surface area contributed by atoms with Gasteiger partial charge in [-0.2, -0.15) is 0 Å². The Balaban J connectivity index is 1.63. The molecule has 5 nitrogen and oxygen atoms in total. The second kappa shape index (κ2) is 4.66. The lowest BCUT2D eigenvalue weighted by Crippen LogP contribution is -2.61. The summed E-state index contributed by atoms with van der Waals surface area (Å²) in [6.45, 7) is 0.405. The molecule has 1 heterocycles. The molecule has 1 saturated carbocycles. The van der Waals surface area contributed by atoms with Crippen molar-refractivity contribution in [3.8, 4) is 0 Å². The predicted octanol–water partition coefficient (Wildman–Crippen LogP) is 1.55. The van der Waals surface area contributed by atoms with Gasteiger partial charge in [0.25, 0.3) is 5.79 Å². The third-order valence-corrected chi connectivity index (χ3v) is 3.40. The van der Waals surface area contributed by atoms with Crippen molar-refractivity contribution in [2.45, 2.75) is 37.8 Å². The monoisotopic (exact) mass is 262 g/mol. The van der Waals surface area contributed by atoms with Gasteiger partial charge in [-0.25, -0.2) is 0 Å². The number of esters is 2. The molecule has 5 heteroatoms. The zero-order valence-corrected chi connectivity index (χ0v) is 10.3. The van der Waals surface area contributed by atoms with E-state index in [9.17, 15) is 9.59 Å². The van der Waals surface area contributed by atoms with Gasteiger partial charge < -0.3 is 14.2 Å². The highest BCUT2D eigenvalue weighted by molar-refractivity contribution is 5.93. The molecule has 0 amide bonds. The van der Waals surface area contributed by atoms with Gasteiger partial charge in [0.1, 0.15) is 12.5 Å². The van der Waals surface area contributed by atoms with Gasteiger partial charge in [0.05, 0.1) is 6.61 Å². The van der Waals surface area contributed by atoms with Crippen LogP contribution in [-0.2, 0) is 30.4 Å². The minimum atomic E-state index is -1.18. The van der Waals surface area contributed by atoms with Gasteiger partial charge in [0, 0.05) is 6.42 Å². The summed E-state index contributed by atoms with van der Waals surface area (Å²) in [6.07, 6.45) is 0.533. The van der Waals surface area contributed by atoms with E-state index < -0.39 is 17.7 Å². The maximum atomic E-state index is 11.3. The van der Waals surface area contributed by atoms with Crippen LogP contribution in [0.25, 0.3) is 0 Å². The van der Waals surface area contributed by atoms with Gasteiger partial charge in [0.2, 0.25) is 0 Å². The van der Waals surface area contributed by atoms with Crippen LogP contribution in [0.15, 0.2) is 30.3 Å². The van der Waals surface area contributed by atoms with Gasteiger partial charge in [-0.3, -0.25) is 9.59 Å². The third kappa shape index (κ3) is 2.33. The molecule has 1 unspecified atom stereocenters. The Kier molecular flexibility index (Phi) is 2.98. The molecule has 1 aromatic rings. The summed E-state index contributed by atoms with van der Waals surface area (Å²) in [6, 6.07) is 9.68. The van der Waals surface area contributed by atoms with Gasteiger partial charge in [-0.1, -0.05) is 30.3 Å². The van der Waals surface area contributed by atoms with Crippen LogP contribution in [0, 0.1) is 0 Å². The van der Waals surface area contributed by atoms with Crippen molar-refractivity contribution in [2.24, 2.45) is 0 Å². The summed E-state index contributed by atoms with van der Waals surface area (Å²) in [7, 11) is 0. The van der Waals surface area contributed by atoms with Crippen LogP contribution < -0.4 is 0 Å². The van der Waals surface area contributed by atoms with Crippen molar-refractivity contribution in [1.82, 2.24) is 0 Å². The second-order valence-corrected chi connectivity index (χ2v) is 4.76. The van der Waals surface area contributed by atoms with E-state index in [-0.39, 0.29) is 12.5 Å². The number of rotatable bonds is 3. The quantitative estimate of drug-likeness (QED) is 0.611. The number of benzene rings is 1. The van der Waals surface area contributed by atoms with E-state index in [0.29, 0.717) is 19.4 Å². The standard InChI is InChI=1S/C14H14O5/c15-12-8-13(16)19-14(18-12)7-6-11(14)17-9-10-4-2-1-3-5-10/h1-5,11H,6-9H2. The first-order valence-electron chi connectivity index (χ1n) is 6.27. The van der Waals surface area contributed by atoms with Crippen LogP contribution in [0.3, 0.4) is 0 Å². The molecule has 1 spiro atoms. The van der Waals surface area contributed by atoms with Crippen molar-refractivity contribution < 1.29 is 23.8 Å². The van der Waals surface area contributed by atoms with Crippen LogP contribution in [-0.4, -0.2) is 23.8 Å². The van der Waals surface area contributed by atoms with Gasteiger partial charge >= 0.3 is 11.9 Å². The average molecular weight is 262 g/mol. The molecule has 19 heavy (non-hydrogen) atoms. The first-order chi connectivity index (χ1) is 9.18. The molecule has 3 rings (SSSR count). The maximum absolute atomic E-state index is 11.3. The highest BCUT2D eigenvalue weighted by Gasteiger charge is 2.57. The van der Waals surface area contributed by atoms with Crippen LogP contribution in [0.4, 0.5) is 0 Å². The molecule has 1 atom stereocenters. The lowest BCUT2D eigenvalue weighted by molar-refractivity contribution is -0.318. The Labute approximate surface area is 110 Å². The fourth-order valence-electron chi connectivity index (χ4n) is 2.31. The summed E-state index contributed by atoms with van der Waals surface area (Å²) < 4.78 is 16.0.